The second-order valence-corrected chi connectivity index (χ2v) is 6.36. The molecule has 2 heterocycles. The van der Waals surface area contributed by atoms with Gasteiger partial charge < -0.3 is 15.0 Å². The van der Waals surface area contributed by atoms with Crippen LogP contribution in [-0.2, 0) is 6.42 Å². The van der Waals surface area contributed by atoms with Crippen molar-refractivity contribution in [3.63, 3.8) is 0 Å². The number of carbonyl (C=O) groups excluding carboxylic acids is 1. The van der Waals surface area contributed by atoms with E-state index in [1.54, 1.807) is 30.6 Å². The van der Waals surface area contributed by atoms with Crippen LogP contribution in [0.4, 0.5) is 5.13 Å². The highest BCUT2D eigenvalue weighted by atomic mass is 32.1. The van der Waals surface area contributed by atoms with E-state index in [2.05, 4.69) is 20.6 Å². The van der Waals surface area contributed by atoms with Gasteiger partial charge in [0.2, 0.25) is 0 Å². The molecule has 1 aliphatic heterocycles. The molecule has 6 heteroatoms. The van der Waals surface area contributed by atoms with Gasteiger partial charge >= 0.3 is 0 Å². The fourth-order valence-corrected chi connectivity index (χ4v) is 3.61. The number of rotatable bonds is 6. The molecule has 1 aromatic heterocycles. The van der Waals surface area contributed by atoms with Crippen molar-refractivity contribution in [1.29, 1.82) is 0 Å². The number of thiazole rings is 1. The minimum atomic E-state index is -0.113. The van der Waals surface area contributed by atoms with Gasteiger partial charge in [0, 0.05) is 31.4 Å². The van der Waals surface area contributed by atoms with Crippen molar-refractivity contribution in [3.8, 4) is 5.75 Å². The summed E-state index contributed by atoms with van der Waals surface area (Å²) in [4.78, 5) is 19.2. The van der Waals surface area contributed by atoms with E-state index < -0.39 is 0 Å². The zero-order valence-corrected chi connectivity index (χ0v) is 14.1. The fraction of sp³-hybridized carbons (Fsp3) is 0.412. The van der Waals surface area contributed by atoms with Crippen molar-refractivity contribution < 1.29 is 9.53 Å². The zero-order chi connectivity index (χ0) is 16.1. The number of nitrogens with one attached hydrogen (secondary N) is 1. The van der Waals surface area contributed by atoms with Crippen LogP contribution in [0.15, 0.2) is 29.6 Å². The number of hydrogen-bond donors (Lipinski definition) is 1. The molecule has 0 bridgehead atoms. The minimum Gasteiger partial charge on any atom is -0.496 e. The summed E-state index contributed by atoms with van der Waals surface area (Å²) in [7, 11) is 1.57. The molecule has 1 saturated heterocycles. The number of benzene rings is 1. The van der Waals surface area contributed by atoms with Gasteiger partial charge in [-0.15, -0.1) is 11.3 Å². The highest BCUT2D eigenvalue weighted by Crippen LogP contribution is 2.24. The maximum atomic E-state index is 12.2. The Labute approximate surface area is 140 Å². The Hall–Kier alpha value is -2.08. The standard InChI is InChI=1S/C17H21N3O2S/c1-22-15-7-3-2-6-14(15)16(21)18-9-8-13-12-23-17(19-13)20-10-4-5-11-20/h2-3,6-7,12H,4-5,8-11H2,1H3,(H,18,21). The van der Waals surface area contributed by atoms with Crippen LogP contribution in [0.3, 0.4) is 0 Å². The van der Waals surface area contributed by atoms with Gasteiger partial charge in [-0.05, 0) is 25.0 Å². The van der Waals surface area contributed by atoms with Gasteiger partial charge in [0.1, 0.15) is 5.75 Å². The summed E-state index contributed by atoms with van der Waals surface area (Å²) in [5.41, 5.74) is 1.60. The normalized spacial score (nSPS) is 14.0. The number of amides is 1. The molecule has 1 fully saturated rings. The first kappa shape index (κ1) is 15.8. The van der Waals surface area contributed by atoms with Crippen molar-refractivity contribution in [2.24, 2.45) is 0 Å². The van der Waals surface area contributed by atoms with Crippen LogP contribution >= 0.6 is 11.3 Å². The number of aromatic nitrogens is 1. The molecule has 122 valence electrons. The van der Waals surface area contributed by atoms with E-state index in [-0.39, 0.29) is 5.91 Å². The summed E-state index contributed by atoms with van der Waals surface area (Å²) >= 11 is 1.69. The molecule has 2 aromatic rings. The second-order valence-electron chi connectivity index (χ2n) is 5.52. The van der Waals surface area contributed by atoms with Gasteiger partial charge in [-0.3, -0.25) is 4.79 Å². The largest absolute Gasteiger partial charge is 0.496 e. The maximum absolute atomic E-state index is 12.2. The molecule has 0 spiro atoms. The molecule has 0 aliphatic carbocycles. The van der Waals surface area contributed by atoms with Crippen LogP contribution in [0.1, 0.15) is 28.9 Å². The number of nitrogens with zero attached hydrogens (tertiary/aromatic N) is 2. The maximum Gasteiger partial charge on any atom is 0.255 e. The van der Waals surface area contributed by atoms with Gasteiger partial charge in [-0.25, -0.2) is 4.98 Å². The molecule has 23 heavy (non-hydrogen) atoms. The first-order valence-corrected chi connectivity index (χ1v) is 8.76. The molecule has 0 atom stereocenters. The lowest BCUT2D eigenvalue weighted by molar-refractivity contribution is 0.0951. The van der Waals surface area contributed by atoms with Crippen molar-refractivity contribution in [2.75, 3.05) is 31.6 Å². The number of anilines is 1. The SMILES string of the molecule is COc1ccccc1C(=O)NCCc1csc(N2CCCC2)n1. The topological polar surface area (TPSA) is 54.5 Å². The molecular formula is C17H21N3O2S. The lowest BCUT2D eigenvalue weighted by atomic mass is 10.2. The summed E-state index contributed by atoms with van der Waals surface area (Å²) in [5.74, 6) is 0.479. The van der Waals surface area contributed by atoms with Gasteiger partial charge in [0.25, 0.3) is 5.91 Å². The molecular weight excluding hydrogens is 310 g/mol. The van der Waals surface area contributed by atoms with E-state index in [1.807, 2.05) is 12.1 Å². The lowest BCUT2D eigenvalue weighted by Crippen LogP contribution is -2.26. The molecule has 1 aliphatic rings. The molecule has 0 saturated carbocycles. The van der Waals surface area contributed by atoms with E-state index in [9.17, 15) is 4.79 Å². The predicted octanol–water partition coefficient (Wildman–Crippen LogP) is 2.72. The van der Waals surface area contributed by atoms with E-state index in [0.29, 0.717) is 17.9 Å². The molecule has 1 N–H and O–H groups in total. The van der Waals surface area contributed by atoms with Gasteiger partial charge in [0.05, 0.1) is 18.4 Å². The van der Waals surface area contributed by atoms with E-state index in [4.69, 9.17) is 4.74 Å². The first-order valence-electron chi connectivity index (χ1n) is 7.88. The monoisotopic (exact) mass is 331 g/mol. The van der Waals surface area contributed by atoms with Crippen LogP contribution in [0.2, 0.25) is 0 Å². The van der Waals surface area contributed by atoms with Crippen molar-refractivity contribution >= 4 is 22.4 Å². The van der Waals surface area contributed by atoms with Crippen LogP contribution in [0.25, 0.3) is 0 Å². The summed E-state index contributed by atoms with van der Waals surface area (Å²) in [6, 6.07) is 7.24. The van der Waals surface area contributed by atoms with Crippen LogP contribution < -0.4 is 15.0 Å². The van der Waals surface area contributed by atoms with Gasteiger partial charge in [-0.2, -0.15) is 0 Å². The highest BCUT2D eigenvalue weighted by molar-refractivity contribution is 7.13. The van der Waals surface area contributed by atoms with Crippen molar-refractivity contribution in [1.82, 2.24) is 10.3 Å². The van der Waals surface area contributed by atoms with Gasteiger partial charge in [0.15, 0.2) is 5.13 Å². The molecule has 1 amide bonds. The number of hydrogen-bond acceptors (Lipinski definition) is 5. The Balaban J connectivity index is 1.52. The molecule has 0 radical (unpaired) electrons. The zero-order valence-electron chi connectivity index (χ0n) is 13.2. The smallest absolute Gasteiger partial charge is 0.255 e. The Kier molecular flexibility index (Phi) is 5.12. The van der Waals surface area contributed by atoms with E-state index in [1.165, 1.54) is 12.8 Å². The summed E-state index contributed by atoms with van der Waals surface area (Å²) < 4.78 is 5.21. The third-order valence-corrected chi connectivity index (χ3v) is 4.88. The second kappa shape index (κ2) is 7.46. The third kappa shape index (κ3) is 3.82. The number of methoxy groups -OCH3 is 1. The summed E-state index contributed by atoms with van der Waals surface area (Å²) in [5, 5.41) is 6.12. The quantitative estimate of drug-likeness (QED) is 0.884. The average Bonchev–Trinajstić information content (AvgIpc) is 3.26. The number of carbonyl (C=O) groups is 1. The van der Waals surface area contributed by atoms with Crippen LogP contribution in [-0.4, -0.2) is 37.6 Å². The summed E-state index contributed by atoms with van der Waals surface area (Å²) in [6.07, 6.45) is 3.25. The number of para-hydroxylation sites is 1. The Bertz CT molecular complexity index is 665. The molecule has 5 nitrogen and oxygen atoms in total. The van der Waals surface area contributed by atoms with E-state index >= 15 is 0 Å². The Morgan fingerprint density at radius 1 is 1.35 bits per heavy atom. The molecule has 0 unspecified atom stereocenters. The lowest BCUT2D eigenvalue weighted by Gasteiger charge is -2.12. The predicted molar refractivity (Wildman–Crippen MR) is 92.6 cm³/mol. The highest BCUT2D eigenvalue weighted by Gasteiger charge is 2.16. The van der Waals surface area contributed by atoms with E-state index in [0.717, 1.165) is 30.3 Å². The number of ether oxygens (including phenoxy) is 1. The minimum absolute atomic E-state index is 0.113. The van der Waals surface area contributed by atoms with Crippen molar-refractivity contribution in [2.45, 2.75) is 19.3 Å². The third-order valence-electron chi connectivity index (χ3n) is 3.93. The average molecular weight is 331 g/mol. The van der Waals surface area contributed by atoms with Gasteiger partial charge in [-0.1, -0.05) is 12.1 Å². The Morgan fingerprint density at radius 2 is 2.13 bits per heavy atom. The van der Waals surface area contributed by atoms with Crippen LogP contribution in [0, 0.1) is 0 Å². The first-order chi connectivity index (χ1) is 11.3. The molecule has 3 rings (SSSR count). The van der Waals surface area contributed by atoms with Crippen molar-refractivity contribution in [3.05, 3.63) is 40.9 Å². The molecule has 1 aromatic carbocycles. The fourth-order valence-electron chi connectivity index (χ4n) is 2.70. The Morgan fingerprint density at radius 3 is 2.91 bits per heavy atom. The van der Waals surface area contributed by atoms with Crippen LogP contribution in [0.5, 0.6) is 5.75 Å². The summed E-state index contributed by atoms with van der Waals surface area (Å²) in [6.45, 7) is 2.79.